The zero-order valence-electron chi connectivity index (χ0n) is 8.27. The maximum Gasteiger partial charge on any atom is 1.00 e. The third-order valence-corrected chi connectivity index (χ3v) is 1.30. The molecule has 13 heavy (non-hydrogen) atoms. The molecule has 0 aromatic carbocycles. The molecule has 0 saturated heterocycles. The summed E-state index contributed by atoms with van der Waals surface area (Å²) in [6.45, 7) is 3.34. The predicted octanol–water partition coefficient (Wildman–Crippen LogP) is -1.76. The van der Waals surface area contributed by atoms with Gasteiger partial charge in [-0.25, -0.2) is 0 Å². The molecule has 6 heteroatoms. The number of amides is 1. The molecule has 0 aliphatic carbocycles. The topological polar surface area (TPSA) is 77.7 Å². The van der Waals surface area contributed by atoms with Crippen LogP contribution in [0.25, 0.3) is 5.32 Å². The summed E-state index contributed by atoms with van der Waals surface area (Å²) in [5, 5.41) is 11.9. The minimum Gasteiger partial charge on any atom is -0.606 e. The summed E-state index contributed by atoms with van der Waals surface area (Å²) >= 11 is 0. The van der Waals surface area contributed by atoms with Crippen LogP contribution in [0.1, 0.15) is 13.8 Å². The molecule has 0 fully saturated rings. The minimum absolute atomic E-state index is 0. The average Bonchev–Trinajstić information content (AvgIpc) is 1.98. The van der Waals surface area contributed by atoms with Crippen molar-refractivity contribution in [3.8, 4) is 0 Å². The van der Waals surface area contributed by atoms with Gasteiger partial charge in [-0.05, 0) is 12.0 Å². The van der Waals surface area contributed by atoms with Crippen molar-refractivity contribution in [1.29, 1.82) is 0 Å². The van der Waals surface area contributed by atoms with E-state index in [1.165, 1.54) is 0 Å². The van der Waals surface area contributed by atoms with Gasteiger partial charge in [-0.15, -0.1) is 0 Å². The van der Waals surface area contributed by atoms with Gasteiger partial charge in [-0.2, -0.15) is 0 Å². The smallest absolute Gasteiger partial charge is 0.606 e. The van der Waals surface area contributed by atoms with Crippen molar-refractivity contribution >= 4 is 12.1 Å². The van der Waals surface area contributed by atoms with Crippen LogP contribution in [0, 0.1) is 5.92 Å². The van der Waals surface area contributed by atoms with E-state index >= 15 is 0 Å². The number of hydrogen-bond donors (Lipinski definition) is 1. The number of carboxylic acid groups (broad SMARTS) is 1. The van der Waals surface area contributed by atoms with E-state index in [0.29, 0.717) is 0 Å². The molecule has 0 saturated carbocycles. The van der Waals surface area contributed by atoms with Crippen molar-refractivity contribution in [3.63, 3.8) is 0 Å². The maximum atomic E-state index is 10.6. The first kappa shape index (κ1) is 14.8. The van der Waals surface area contributed by atoms with Crippen molar-refractivity contribution in [1.82, 2.24) is 0 Å². The zero-order valence-corrected chi connectivity index (χ0v) is 8.27. The Kier molecular flexibility index (Phi) is 7.77. The number of nitrogens with zero attached hydrogens (tertiary/aromatic N) is 1. The fraction of sp³-hybridized carbons (Fsp3) is 0.714. The van der Waals surface area contributed by atoms with Gasteiger partial charge in [-0.3, -0.25) is 9.59 Å². The molecule has 0 aliphatic heterocycles. The summed E-state index contributed by atoms with van der Waals surface area (Å²) in [4.78, 5) is 21.1. The molecule has 0 unspecified atom stereocenters. The van der Waals surface area contributed by atoms with Gasteiger partial charge in [0.2, 0.25) is 6.09 Å². The minimum atomic E-state index is -1.12. The van der Waals surface area contributed by atoms with E-state index < -0.39 is 18.1 Å². The number of carboxylic acids is 1. The Labute approximate surface area is 89.0 Å². The van der Waals surface area contributed by atoms with Crippen LogP contribution < -0.4 is 18.9 Å². The third kappa shape index (κ3) is 5.56. The standard InChI is InChI=1S/C7H13NO4.Li/c1-4(2)5(6(9)10)8-7(11)12-3;/h4-5H,1-3H3,(H2,8,9,10,11);/q;+1/p-1/t5-;/m1./s1. The van der Waals surface area contributed by atoms with E-state index in [0.717, 1.165) is 7.11 Å². The van der Waals surface area contributed by atoms with E-state index in [1.807, 2.05) is 0 Å². The van der Waals surface area contributed by atoms with Crippen molar-refractivity contribution in [3.05, 3.63) is 5.32 Å². The van der Waals surface area contributed by atoms with Crippen LogP contribution in [0.2, 0.25) is 0 Å². The number of aliphatic carboxylic acids is 1. The van der Waals surface area contributed by atoms with Crippen LogP contribution >= 0.6 is 0 Å². The molecule has 0 aliphatic rings. The van der Waals surface area contributed by atoms with Crippen molar-refractivity contribution in [2.75, 3.05) is 7.11 Å². The quantitative estimate of drug-likeness (QED) is 0.523. The van der Waals surface area contributed by atoms with E-state index in [2.05, 4.69) is 10.1 Å². The molecular formula is C7H12LiNO4. The molecule has 0 aromatic rings. The van der Waals surface area contributed by atoms with Gasteiger partial charge < -0.3 is 15.2 Å². The predicted molar refractivity (Wildman–Crippen MR) is 42.0 cm³/mol. The van der Waals surface area contributed by atoms with Crippen molar-refractivity contribution < 1.29 is 38.3 Å². The molecule has 0 aromatic heterocycles. The molecule has 1 N–H and O–H groups in total. The molecule has 0 spiro atoms. The van der Waals surface area contributed by atoms with Gasteiger partial charge >= 0.3 is 18.9 Å². The molecule has 0 heterocycles. The van der Waals surface area contributed by atoms with E-state index in [-0.39, 0.29) is 24.8 Å². The van der Waals surface area contributed by atoms with Crippen LogP contribution in [0.4, 0.5) is 4.79 Å². The number of carbonyl (C=O) groups excluding carboxylic acids is 1. The van der Waals surface area contributed by atoms with Gasteiger partial charge in [0, 0.05) is 0 Å². The summed E-state index contributed by atoms with van der Waals surface area (Å²) in [5.41, 5.74) is 0. The monoisotopic (exact) mass is 181 g/mol. The largest absolute Gasteiger partial charge is 1.00 e. The van der Waals surface area contributed by atoms with Gasteiger partial charge in [0.1, 0.15) is 0 Å². The molecule has 1 amide bonds. The van der Waals surface area contributed by atoms with E-state index in [9.17, 15) is 9.59 Å². The number of methoxy groups -OCH3 is 1. The van der Waals surface area contributed by atoms with Crippen LogP contribution in [0.3, 0.4) is 0 Å². The van der Waals surface area contributed by atoms with E-state index in [4.69, 9.17) is 5.11 Å². The van der Waals surface area contributed by atoms with Gasteiger partial charge in [0.05, 0.1) is 7.11 Å². The second-order valence-corrected chi connectivity index (χ2v) is 2.63. The second kappa shape index (κ2) is 6.81. The Bertz CT molecular complexity index is 183. The Hall–Kier alpha value is -0.663. The third-order valence-electron chi connectivity index (χ3n) is 1.30. The van der Waals surface area contributed by atoms with Gasteiger partial charge in [0.25, 0.3) is 5.97 Å². The number of rotatable bonds is 3. The first-order valence-electron chi connectivity index (χ1n) is 3.50. The van der Waals surface area contributed by atoms with Crippen molar-refractivity contribution in [2.45, 2.75) is 19.9 Å². The summed E-state index contributed by atoms with van der Waals surface area (Å²) in [7, 11) is 1.16. The maximum absolute atomic E-state index is 10.6. The normalized spacial score (nSPS) is 11.4. The summed E-state index contributed by atoms with van der Waals surface area (Å²) in [6, 6.07) is -1.02. The zero-order chi connectivity index (χ0) is 9.72. The van der Waals surface area contributed by atoms with Crippen molar-refractivity contribution in [2.24, 2.45) is 5.92 Å². The van der Waals surface area contributed by atoms with Gasteiger partial charge in [-0.1, -0.05) is 13.8 Å². The Morgan fingerprint density at radius 3 is 2.08 bits per heavy atom. The Balaban J connectivity index is 0. The Morgan fingerprint density at radius 1 is 1.38 bits per heavy atom. The first-order valence-corrected chi connectivity index (χ1v) is 3.50. The molecule has 0 radical (unpaired) electrons. The Morgan fingerprint density at radius 2 is 1.85 bits per heavy atom. The summed E-state index contributed by atoms with van der Waals surface area (Å²) in [6.07, 6.45) is -0.851. The summed E-state index contributed by atoms with van der Waals surface area (Å²) in [5.74, 6) is -1.34. The molecule has 5 nitrogen and oxygen atoms in total. The van der Waals surface area contributed by atoms with E-state index in [1.54, 1.807) is 13.8 Å². The van der Waals surface area contributed by atoms with Crippen LogP contribution in [-0.4, -0.2) is 30.3 Å². The van der Waals surface area contributed by atoms with Crippen LogP contribution in [0.15, 0.2) is 0 Å². The first-order chi connectivity index (χ1) is 5.49. The SMILES string of the molecule is COC(=O)[N-][C@@H](C(=O)O)C(C)C.[Li+]. The molecule has 0 rings (SSSR count). The molecule has 70 valence electrons. The number of hydrogen-bond acceptors (Lipinski definition) is 3. The number of ether oxygens (including phenoxy) is 1. The van der Waals surface area contributed by atoms with Gasteiger partial charge in [0.15, 0.2) is 0 Å². The molecule has 0 bridgehead atoms. The average molecular weight is 181 g/mol. The summed E-state index contributed by atoms with van der Waals surface area (Å²) < 4.78 is 4.21. The number of carbonyl (C=O) groups is 2. The second-order valence-electron chi connectivity index (χ2n) is 2.63. The van der Waals surface area contributed by atoms with Crippen LogP contribution in [0.5, 0.6) is 0 Å². The molecular weight excluding hydrogens is 169 g/mol. The molecule has 1 atom stereocenters. The van der Waals surface area contributed by atoms with Crippen LogP contribution in [-0.2, 0) is 9.53 Å². The fourth-order valence-electron chi connectivity index (χ4n) is 0.656. The fourth-order valence-corrected chi connectivity index (χ4v) is 0.656.